The molecule has 0 N–H and O–H groups in total. The summed E-state index contributed by atoms with van der Waals surface area (Å²) in [5.41, 5.74) is 1.05. The van der Waals surface area contributed by atoms with Gasteiger partial charge in [-0.1, -0.05) is 6.92 Å². The van der Waals surface area contributed by atoms with Gasteiger partial charge in [-0.15, -0.1) is 11.3 Å². The van der Waals surface area contributed by atoms with Crippen LogP contribution in [-0.4, -0.2) is 5.24 Å². The first-order valence-corrected chi connectivity index (χ1v) is 4.27. The molecule has 0 unspecified atom stereocenters. The molecule has 0 amide bonds. The molecule has 0 saturated heterocycles. The highest BCUT2D eigenvalue weighted by atomic mass is 35.5. The Morgan fingerprint density at radius 1 is 1.80 bits per heavy atom. The fourth-order valence-corrected chi connectivity index (χ4v) is 1.87. The lowest BCUT2D eigenvalue weighted by Crippen LogP contribution is -1.88. The highest BCUT2D eigenvalue weighted by Gasteiger charge is 2.07. The first-order chi connectivity index (χ1) is 4.75. The van der Waals surface area contributed by atoms with E-state index in [1.807, 2.05) is 18.4 Å². The van der Waals surface area contributed by atoms with Crippen LogP contribution in [0.4, 0.5) is 0 Å². The molecule has 3 heteroatoms. The average molecular weight is 175 g/mol. The lowest BCUT2D eigenvalue weighted by molar-refractivity contribution is 0.108. The van der Waals surface area contributed by atoms with Crippen molar-refractivity contribution < 1.29 is 4.79 Å². The predicted molar refractivity (Wildman–Crippen MR) is 43.9 cm³/mol. The molecule has 1 rings (SSSR count). The molecule has 1 heterocycles. The Morgan fingerprint density at radius 2 is 2.50 bits per heavy atom. The van der Waals surface area contributed by atoms with Crippen LogP contribution < -0.4 is 0 Å². The van der Waals surface area contributed by atoms with Crippen LogP contribution in [0.5, 0.6) is 0 Å². The van der Waals surface area contributed by atoms with E-state index >= 15 is 0 Å². The van der Waals surface area contributed by atoms with Crippen molar-refractivity contribution in [1.29, 1.82) is 0 Å². The van der Waals surface area contributed by atoms with Crippen molar-refractivity contribution in [3.05, 3.63) is 21.9 Å². The van der Waals surface area contributed by atoms with Crippen molar-refractivity contribution in [3.63, 3.8) is 0 Å². The van der Waals surface area contributed by atoms with Gasteiger partial charge in [0.05, 0.1) is 4.88 Å². The molecule has 0 aliphatic heterocycles. The van der Waals surface area contributed by atoms with Crippen LogP contribution in [0.2, 0.25) is 0 Å². The van der Waals surface area contributed by atoms with Crippen molar-refractivity contribution in [2.45, 2.75) is 13.3 Å². The second-order valence-electron chi connectivity index (χ2n) is 1.90. The minimum Gasteiger partial charge on any atom is -0.275 e. The summed E-state index contributed by atoms with van der Waals surface area (Å²) in [5, 5.41) is 1.54. The highest BCUT2D eigenvalue weighted by molar-refractivity contribution is 7.14. The second kappa shape index (κ2) is 3.17. The monoisotopic (exact) mass is 174 g/mol. The van der Waals surface area contributed by atoms with Crippen LogP contribution in [0.25, 0.3) is 0 Å². The summed E-state index contributed by atoms with van der Waals surface area (Å²) in [6.07, 6.45) is 0.872. The zero-order valence-corrected chi connectivity index (χ0v) is 7.13. The first-order valence-electron chi connectivity index (χ1n) is 3.02. The third-order valence-electron chi connectivity index (χ3n) is 1.31. The van der Waals surface area contributed by atoms with Crippen molar-refractivity contribution in [3.8, 4) is 0 Å². The molecular formula is C7H7ClOS. The molecular weight excluding hydrogens is 168 g/mol. The van der Waals surface area contributed by atoms with E-state index < -0.39 is 0 Å². The summed E-state index contributed by atoms with van der Waals surface area (Å²) in [6, 6.07) is 1.93. The smallest absolute Gasteiger partial charge is 0.262 e. The van der Waals surface area contributed by atoms with E-state index in [1.165, 1.54) is 11.3 Å². The lowest BCUT2D eigenvalue weighted by atomic mass is 10.2. The third kappa shape index (κ3) is 1.39. The zero-order chi connectivity index (χ0) is 7.56. The molecule has 0 fully saturated rings. The van der Waals surface area contributed by atoms with Gasteiger partial charge in [0.15, 0.2) is 0 Å². The zero-order valence-electron chi connectivity index (χ0n) is 5.56. The van der Waals surface area contributed by atoms with Crippen molar-refractivity contribution in [2.24, 2.45) is 0 Å². The maximum absolute atomic E-state index is 10.7. The van der Waals surface area contributed by atoms with Crippen LogP contribution in [0, 0.1) is 0 Å². The molecule has 0 atom stereocenters. The molecule has 54 valence electrons. The first kappa shape index (κ1) is 7.76. The average Bonchev–Trinajstić information content (AvgIpc) is 2.33. The molecule has 0 bridgehead atoms. The van der Waals surface area contributed by atoms with E-state index in [1.54, 1.807) is 0 Å². The summed E-state index contributed by atoms with van der Waals surface area (Å²) in [6.45, 7) is 2.01. The van der Waals surface area contributed by atoms with E-state index in [-0.39, 0.29) is 5.24 Å². The SMILES string of the molecule is CCc1ccsc1C(=O)Cl. The van der Waals surface area contributed by atoms with Gasteiger partial charge in [-0.2, -0.15) is 0 Å². The molecule has 0 aromatic carbocycles. The summed E-state index contributed by atoms with van der Waals surface area (Å²) in [4.78, 5) is 11.3. The quantitative estimate of drug-likeness (QED) is 0.631. The molecule has 0 spiro atoms. The Hall–Kier alpha value is -0.340. The number of thiophene rings is 1. The van der Waals surface area contributed by atoms with Gasteiger partial charge in [-0.25, -0.2) is 0 Å². The van der Waals surface area contributed by atoms with Gasteiger partial charge in [0, 0.05) is 0 Å². The standard InChI is InChI=1S/C7H7ClOS/c1-2-5-3-4-10-6(5)7(8)9/h3-4H,2H2,1H3. The second-order valence-corrected chi connectivity index (χ2v) is 3.16. The van der Waals surface area contributed by atoms with Gasteiger partial charge in [-0.3, -0.25) is 4.79 Å². The van der Waals surface area contributed by atoms with Gasteiger partial charge < -0.3 is 0 Å². The number of aryl methyl sites for hydroxylation is 1. The van der Waals surface area contributed by atoms with Crippen LogP contribution in [0.3, 0.4) is 0 Å². The number of carbonyl (C=O) groups is 1. The number of rotatable bonds is 2. The summed E-state index contributed by atoms with van der Waals surface area (Å²) in [7, 11) is 0. The molecule has 0 aliphatic carbocycles. The van der Waals surface area contributed by atoms with E-state index in [0.717, 1.165) is 12.0 Å². The third-order valence-corrected chi connectivity index (χ3v) is 2.56. The number of hydrogen-bond donors (Lipinski definition) is 0. The Kier molecular flexibility index (Phi) is 2.46. The summed E-state index contributed by atoms with van der Waals surface area (Å²) in [5.74, 6) is 0. The van der Waals surface area contributed by atoms with Gasteiger partial charge >= 0.3 is 0 Å². The minimum atomic E-state index is -0.341. The van der Waals surface area contributed by atoms with Gasteiger partial charge in [0.2, 0.25) is 0 Å². The van der Waals surface area contributed by atoms with Gasteiger partial charge in [0.1, 0.15) is 0 Å². The molecule has 10 heavy (non-hydrogen) atoms. The Labute approximate surface area is 68.6 Å². The fourth-order valence-electron chi connectivity index (χ4n) is 0.787. The lowest BCUT2D eigenvalue weighted by Gasteiger charge is -1.90. The molecule has 1 aromatic rings. The molecule has 1 nitrogen and oxygen atoms in total. The van der Waals surface area contributed by atoms with E-state index in [9.17, 15) is 4.79 Å². The number of hydrogen-bond acceptors (Lipinski definition) is 2. The molecule has 0 saturated carbocycles. The Morgan fingerprint density at radius 3 is 2.90 bits per heavy atom. The van der Waals surface area contributed by atoms with Crippen molar-refractivity contribution in [2.75, 3.05) is 0 Å². The fraction of sp³-hybridized carbons (Fsp3) is 0.286. The molecule has 0 aliphatic rings. The number of halogens is 1. The van der Waals surface area contributed by atoms with Crippen LogP contribution in [0.1, 0.15) is 22.2 Å². The predicted octanol–water partition coefficient (Wildman–Crippen LogP) is 2.69. The minimum absolute atomic E-state index is 0.341. The van der Waals surface area contributed by atoms with Gasteiger partial charge in [0.25, 0.3) is 5.24 Å². The summed E-state index contributed by atoms with van der Waals surface area (Å²) < 4.78 is 0. The molecule has 0 radical (unpaired) electrons. The van der Waals surface area contributed by atoms with Gasteiger partial charge in [-0.05, 0) is 35.0 Å². The van der Waals surface area contributed by atoms with E-state index in [4.69, 9.17) is 11.6 Å². The largest absolute Gasteiger partial charge is 0.275 e. The van der Waals surface area contributed by atoms with E-state index in [0.29, 0.717) is 4.88 Å². The van der Waals surface area contributed by atoms with Crippen LogP contribution in [-0.2, 0) is 6.42 Å². The summed E-state index contributed by atoms with van der Waals surface area (Å²) >= 11 is 6.70. The van der Waals surface area contributed by atoms with Crippen LogP contribution in [0.15, 0.2) is 11.4 Å². The Bertz CT molecular complexity index is 242. The molecule has 1 aromatic heterocycles. The maximum atomic E-state index is 10.7. The topological polar surface area (TPSA) is 17.1 Å². The number of carbonyl (C=O) groups excluding carboxylic acids is 1. The Balaban J connectivity index is 3.01. The highest BCUT2D eigenvalue weighted by Crippen LogP contribution is 2.18. The van der Waals surface area contributed by atoms with Crippen LogP contribution >= 0.6 is 22.9 Å². The van der Waals surface area contributed by atoms with E-state index in [2.05, 4.69) is 0 Å². The van der Waals surface area contributed by atoms with Crippen molar-refractivity contribution >= 4 is 28.2 Å². The van der Waals surface area contributed by atoms with Crippen molar-refractivity contribution in [1.82, 2.24) is 0 Å². The normalized spacial score (nSPS) is 9.80. The maximum Gasteiger partial charge on any atom is 0.262 e.